The van der Waals surface area contributed by atoms with Crippen molar-refractivity contribution in [3.63, 3.8) is 0 Å². The molecule has 0 spiro atoms. The Labute approximate surface area is 66.0 Å². The highest BCUT2D eigenvalue weighted by molar-refractivity contribution is 4.73. The lowest BCUT2D eigenvalue weighted by molar-refractivity contribution is 0.524. The van der Waals surface area contributed by atoms with E-state index in [4.69, 9.17) is 0 Å². The first-order valence-electron chi connectivity index (χ1n) is 4.50. The summed E-state index contributed by atoms with van der Waals surface area (Å²) in [5.41, 5.74) is 0. The van der Waals surface area contributed by atoms with Crippen molar-refractivity contribution in [2.45, 2.75) is 47.0 Å². The third-order valence-corrected chi connectivity index (χ3v) is 1.75. The lowest BCUT2D eigenvalue weighted by Gasteiger charge is -2.10. The van der Waals surface area contributed by atoms with Gasteiger partial charge in [0.15, 0.2) is 0 Å². The Bertz CT molecular complexity index is 64.4. The van der Waals surface area contributed by atoms with Gasteiger partial charge in [-0.3, -0.25) is 0 Å². The number of rotatable bonds is 5. The van der Waals surface area contributed by atoms with Gasteiger partial charge in [-0.2, -0.15) is 0 Å². The van der Waals surface area contributed by atoms with E-state index in [1.807, 2.05) is 0 Å². The van der Waals surface area contributed by atoms with Gasteiger partial charge in [0.1, 0.15) is 0 Å². The van der Waals surface area contributed by atoms with Gasteiger partial charge in [0.25, 0.3) is 0 Å². The van der Waals surface area contributed by atoms with E-state index >= 15 is 0 Å². The molecule has 0 heteroatoms. The Morgan fingerprint density at radius 2 is 1.80 bits per heavy atom. The second-order valence-corrected chi connectivity index (χ2v) is 3.63. The molecule has 0 aromatic rings. The average Bonchev–Trinajstić information content (AvgIpc) is 1.85. The minimum Gasteiger partial charge on any atom is -0.0654 e. The highest BCUT2D eigenvalue weighted by Gasteiger charge is 2.01. The zero-order valence-corrected chi connectivity index (χ0v) is 7.85. The molecule has 10 heavy (non-hydrogen) atoms. The molecule has 0 nitrogen and oxygen atoms in total. The van der Waals surface area contributed by atoms with Crippen LogP contribution in [0.1, 0.15) is 47.0 Å². The topological polar surface area (TPSA) is 0 Å². The standard InChI is InChI=1S/C10H21/c1-5-6-10(4)8-7-9(2)3/h8-10H,5-7H2,1-4H3. The summed E-state index contributed by atoms with van der Waals surface area (Å²) < 4.78 is 0. The van der Waals surface area contributed by atoms with E-state index in [2.05, 4.69) is 34.1 Å². The van der Waals surface area contributed by atoms with Crippen LogP contribution in [0, 0.1) is 18.3 Å². The molecule has 0 N–H and O–H groups in total. The van der Waals surface area contributed by atoms with Crippen LogP contribution in [0.5, 0.6) is 0 Å². The smallest absolute Gasteiger partial charge is 0.0355 e. The van der Waals surface area contributed by atoms with Gasteiger partial charge < -0.3 is 0 Å². The average molecular weight is 141 g/mol. The molecule has 0 heterocycles. The first-order chi connectivity index (χ1) is 4.66. The van der Waals surface area contributed by atoms with Crippen molar-refractivity contribution in [2.24, 2.45) is 11.8 Å². The third-order valence-electron chi connectivity index (χ3n) is 1.75. The van der Waals surface area contributed by atoms with Gasteiger partial charge in [-0.15, -0.1) is 0 Å². The van der Waals surface area contributed by atoms with Crippen molar-refractivity contribution in [2.75, 3.05) is 0 Å². The second-order valence-electron chi connectivity index (χ2n) is 3.63. The molecular formula is C10H21. The zero-order chi connectivity index (χ0) is 7.98. The lowest BCUT2D eigenvalue weighted by Crippen LogP contribution is -1.97. The fraction of sp³-hybridized carbons (Fsp3) is 0.900. The van der Waals surface area contributed by atoms with E-state index in [0.29, 0.717) is 0 Å². The molecule has 0 saturated carbocycles. The fourth-order valence-electron chi connectivity index (χ4n) is 1.08. The predicted octanol–water partition coefficient (Wildman–Crippen LogP) is 3.67. The van der Waals surface area contributed by atoms with E-state index in [9.17, 15) is 0 Å². The van der Waals surface area contributed by atoms with E-state index in [0.717, 1.165) is 11.8 Å². The van der Waals surface area contributed by atoms with E-state index < -0.39 is 0 Å². The van der Waals surface area contributed by atoms with Gasteiger partial charge in [-0.25, -0.2) is 0 Å². The van der Waals surface area contributed by atoms with Gasteiger partial charge in [-0.05, 0) is 24.7 Å². The molecule has 0 aliphatic heterocycles. The van der Waals surface area contributed by atoms with Crippen LogP contribution >= 0.6 is 0 Å². The van der Waals surface area contributed by atoms with Gasteiger partial charge in [0, 0.05) is 0 Å². The van der Waals surface area contributed by atoms with Crippen molar-refractivity contribution < 1.29 is 0 Å². The van der Waals surface area contributed by atoms with Gasteiger partial charge >= 0.3 is 0 Å². The Morgan fingerprint density at radius 3 is 2.20 bits per heavy atom. The summed E-state index contributed by atoms with van der Waals surface area (Å²) in [5.74, 6) is 1.66. The van der Waals surface area contributed by atoms with Crippen molar-refractivity contribution in [3.05, 3.63) is 6.42 Å². The van der Waals surface area contributed by atoms with Crippen molar-refractivity contribution >= 4 is 0 Å². The minimum atomic E-state index is 0.826. The molecule has 0 aromatic heterocycles. The Balaban J connectivity index is 3.12. The van der Waals surface area contributed by atoms with Crippen LogP contribution in [-0.2, 0) is 0 Å². The molecule has 0 amide bonds. The van der Waals surface area contributed by atoms with Gasteiger partial charge in [-0.1, -0.05) is 40.5 Å². The summed E-state index contributed by atoms with van der Waals surface area (Å²) in [7, 11) is 0. The quantitative estimate of drug-likeness (QED) is 0.548. The molecule has 0 aliphatic carbocycles. The largest absolute Gasteiger partial charge is 0.0654 e. The molecule has 0 bridgehead atoms. The normalized spacial score (nSPS) is 14.1. The predicted molar refractivity (Wildman–Crippen MR) is 47.8 cm³/mol. The lowest BCUT2D eigenvalue weighted by atomic mass is 9.96. The summed E-state index contributed by atoms with van der Waals surface area (Å²) in [6, 6.07) is 0. The van der Waals surface area contributed by atoms with Crippen molar-refractivity contribution in [1.29, 1.82) is 0 Å². The Morgan fingerprint density at radius 1 is 1.20 bits per heavy atom. The monoisotopic (exact) mass is 141 g/mol. The molecule has 1 radical (unpaired) electrons. The number of hydrogen-bond donors (Lipinski definition) is 0. The third kappa shape index (κ3) is 6.12. The summed E-state index contributed by atoms with van der Waals surface area (Å²) in [5, 5.41) is 0. The number of hydrogen-bond acceptors (Lipinski definition) is 0. The molecule has 0 aliphatic rings. The first-order valence-corrected chi connectivity index (χ1v) is 4.50. The van der Waals surface area contributed by atoms with Gasteiger partial charge in [0.2, 0.25) is 0 Å². The van der Waals surface area contributed by atoms with E-state index in [-0.39, 0.29) is 0 Å². The molecule has 61 valence electrons. The molecule has 0 aromatic carbocycles. The summed E-state index contributed by atoms with van der Waals surface area (Å²) in [4.78, 5) is 0. The van der Waals surface area contributed by atoms with Crippen molar-refractivity contribution in [1.82, 2.24) is 0 Å². The maximum absolute atomic E-state index is 2.45. The maximum atomic E-state index is 2.45. The van der Waals surface area contributed by atoms with E-state index in [1.165, 1.54) is 19.3 Å². The minimum absolute atomic E-state index is 0.826. The van der Waals surface area contributed by atoms with Crippen LogP contribution in [0.15, 0.2) is 0 Å². The van der Waals surface area contributed by atoms with Crippen LogP contribution in [0.3, 0.4) is 0 Å². The second kappa shape index (κ2) is 5.76. The molecule has 0 fully saturated rings. The van der Waals surface area contributed by atoms with Crippen LogP contribution in [0.2, 0.25) is 0 Å². The highest BCUT2D eigenvalue weighted by atomic mass is 14.1. The maximum Gasteiger partial charge on any atom is -0.0355 e. The molecule has 1 atom stereocenters. The molecule has 0 rings (SSSR count). The Kier molecular flexibility index (Phi) is 5.76. The molecular weight excluding hydrogens is 120 g/mol. The van der Waals surface area contributed by atoms with Crippen LogP contribution in [0.25, 0.3) is 0 Å². The summed E-state index contributed by atoms with van der Waals surface area (Å²) in [6.45, 7) is 9.11. The summed E-state index contributed by atoms with van der Waals surface area (Å²) >= 11 is 0. The molecule has 0 saturated heterocycles. The molecule has 1 unspecified atom stereocenters. The fourth-order valence-corrected chi connectivity index (χ4v) is 1.08. The Hall–Kier alpha value is 0. The van der Waals surface area contributed by atoms with Crippen LogP contribution in [-0.4, -0.2) is 0 Å². The van der Waals surface area contributed by atoms with Gasteiger partial charge in [0.05, 0.1) is 0 Å². The van der Waals surface area contributed by atoms with E-state index in [1.54, 1.807) is 0 Å². The first kappa shape index (κ1) is 10.0. The zero-order valence-electron chi connectivity index (χ0n) is 7.85. The SMILES string of the molecule is CCCC(C)[CH]CC(C)C. The van der Waals surface area contributed by atoms with Crippen LogP contribution in [0.4, 0.5) is 0 Å². The summed E-state index contributed by atoms with van der Waals surface area (Å²) in [6.07, 6.45) is 6.40. The highest BCUT2D eigenvalue weighted by Crippen LogP contribution is 2.14. The van der Waals surface area contributed by atoms with Crippen LogP contribution < -0.4 is 0 Å². The van der Waals surface area contributed by atoms with Crippen molar-refractivity contribution in [3.8, 4) is 0 Å².